The molecule has 30 heavy (non-hydrogen) atoms. The summed E-state index contributed by atoms with van der Waals surface area (Å²) in [6.07, 6.45) is 0. The van der Waals surface area contributed by atoms with Crippen molar-refractivity contribution >= 4 is 11.4 Å². The Hall–Kier alpha value is -1.59. The van der Waals surface area contributed by atoms with Gasteiger partial charge in [-0.1, -0.05) is 6.07 Å². The first kappa shape index (κ1) is 26.4. The van der Waals surface area contributed by atoms with Crippen LogP contribution in [-0.4, -0.2) is 76.6 Å². The molecule has 1 rings (SSSR count). The Kier molecular flexibility index (Phi) is 11.4. The van der Waals surface area contributed by atoms with E-state index in [1.807, 2.05) is 12.1 Å². The van der Waals surface area contributed by atoms with Gasteiger partial charge >= 0.3 is 0 Å². The largest absolute Gasteiger partial charge is 0.297 e. The molecule has 170 valence electrons. The third kappa shape index (κ3) is 8.65. The maximum Gasteiger partial charge on any atom is 0.0845 e. The average molecular weight is 416 g/mol. The highest BCUT2D eigenvalue weighted by Crippen LogP contribution is 2.07. The first-order valence-electron chi connectivity index (χ1n) is 11.6. The Morgan fingerprint density at radius 2 is 1.03 bits per heavy atom. The second-order valence-corrected chi connectivity index (χ2v) is 9.19. The molecular weight excluding hydrogens is 370 g/mol. The lowest BCUT2D eigenvalue weighted by molar-refractivity contribution is 0.181. The highest BCUT2D eigenvalue weighted by molar-refractivity contribution is 6.00. The highest BCUT2D eigenvalue weighted by Gasteiger charge is 2.13. The minimum Gasteiger partial charge on any atom is -0.297 e. The van der Waals surface area contributed by atoms with Gasteiger partial charge in [-0.25, -0.2) is 4.98 Å². The molecule has 0 saturated carbocycles. The van der Waals surface area contributed by atoms with Crippen molar-refractivity contribution in [1.82, 2.24) is 14.8 Å². The van der Waals surface area contributed by atoms with Gasteiger partial charge in [0.1, 0.15) is 0 Å². The molecular formula is C25H45N5. The molecule has 0 unspecified atom stereocenters. The minimum absolute atomic E-state index is 0.531. The van der Waals surface area contributed by atoms with E-state index in [4.69, 9.17) is 15.0 Å². The molecule has 0 atom stereocenters. The van der Waals surface area contributed by atoms with Crippen molar-refractivity contribution in [3.63, 3.8) is 0 Å². The summed E-state index contributed by atoms with van der Waals surface area (Å²) in [5, 5.41) is 0. The van der Waals surface area contributed by atoms with Crippen molar-refractivity contribution in [3.05, 3.63) is 29.6 Å². The molecule has 5 nitrogen and oxygen atoms in total. The van der Waals surface area contributed by atoms with Gasteiger partial charge in [-0.05, 0) is 81.4 Å². The van der Waals surface area contributed by atoms with E-state index < -0.39 is 0 Å². The van der Waals surface area contributed by atoms with Crippen LogP contribution in [-0.2, 0) is 0 Å². The number of aromatic nitrogens is 1. The summed E-state index contributed by atoms with van der Waals surface area (Å²) in [6.45, 7) is 25.6. The molecule has 1 heterocycles. The molecule has 0 aliphatic rings. The van der Waals surface area contributed by atoms with Gasteiger partial charge in [0, 0.05) is 37.3 Å². The van der Waals surface area contributed by atoms with Gasteiger partial charge in [-0.15, -0.1) is 0 Å². The predicted molar refractivity (Wildman–Crippen MR) is 132 cm³/mol. The number of aliphatic imine (C=N–C) groups is 2. The minimum atomic E-state index is 0.531. The van der Waals surface area contributed by atoms with Crippen LogP contribution in [0.1, 0.15) is 80.6 Å². The molecule has 0 aliphatic carbocycles. The molecule has 0 aromatic carbocycles. The van der Waals surface area contributed by atoms with Crippen LogP contribution in [0.25, 0.3) is 0 Å². The fraction of sp³-hybridized carbons (Fsp3) is 0.720. The molecule has 1 aromatic heterocycles. The maximum atomic E-state index is 4.82. The third-order valence-electron chi connectivity index (χ3n) is 5.56. The summed E-state index contributed by atoms with van der Waals surface area (Å²) in [4.78, 5) is 19.3. The van der Waals surface area contributed by atoms with Gasteiger partial charge in [-0.3, -0.25) is 19.8 Å². The van der Waals surface area contributed by atoms with Crippen LogP contribution in [0, 0.1) is 0 Å². The van der Waals surface area contributed by atoms with E-state index in [0.717, 1.165) is 49.0 Å². The SMILES string of the molecule is CC(=NCCN(C(C)C)C(C)C)c1cccc(C(C)=NCCN(C(C)C)C(C)C)n1. The Bertz CT molecular complexity index is 617. The van der Waals surface area contributed by atoms with Crippen molar-refractivity contribution in [1.29, 1.82) is 0 Å². The normalized spacial score (nSPS) is 13.7. The zero-order valence-corrected chi connectivity index (χ0v) is 21.1. The number of hydrogen-bond acceptors (Lipinski definition) is 5. The van der Waals surface area contributed by atoms with Crippen LogP contribution >= 0.6 is 0 Å². The summed E-state index contributed by atoms with van der Waals surface area (Å²) >= 11 is 0. The third-order valence-corrected chi connectivity index (χ3v) is 5.56. The van der Waals surface area contributed by atoms with Gasteiger partial charge in [0.2, 0.25) is 0 Å². The van der Waals surface area contributed by atoms with Gasteiger partial charge < -0.3 is 0 Å². The van der Waals surface area contributed by atoms with Crippen molar-refractivity contribution in [2.75, 3.05) is 26.2 Å². The number of hydrogen-bond donors (Lipinski definition) is 0. The molecule has 0 amide bonds. The predicted octanol–water partition coefficient (Wildman–Crippen LogP) is 4.94. The van der Waals surface area contributed by atoms with Crippen LogP contribution in [0.3, 0.4) is 0 Å². The second kappa shape index (κ2) is 13.0. The smallest absolute Gasteiger partial charge is 0.0845 e. The Labute approximate surface area is 185 Å². The Morgan fingerprint density at radius 1 is 0.700 bits per heavy atom. The number of pyridine rings is 1. The fourth-order valence-electron chi connectivity index (χ4n) is 3.89. The van der Waals surface area contributed by atoms with Crippen LogP contribution in [0.4, 0.5) is 0 Å². The van der Waals surface area contributed by atoms with E-state index in [-0.39, 0.29) is 0 Å². The summed E-state index contributed by atoms with van der Waals surface area (Å²) in [5.74, 6) is 0. The number of nitrogens with zero attached hydrogens (tertiary/aromatic N) is 5. The average Bonchev–Trinajstić information content (AvgIpc) is 2.66. The summed E-state index contributed by atoms with van der Waals surface area (Å²) < 4.78 is 0. The lowest BCUT2D eigenvalue weighted by Gasteiger charge is -2.29. The molecule has 0 N–H and O–H groups in total. The van der Waals surface area contributed by atoms with E-state index in [0.29, 0.717) is 24.2 Å². The molecule has 0 bridgehead atoms. The summed E-state index contributed by atoms with van der Waals surface area (Å²) in [5.41, 5.74) is 3.85. The monoisotopic (exact) mass is 415 g/mol. The van der Waals surface area contributed by atoms with E-state index in [2.05, 4.69) is 85.1 Å². The molecule has 0 spiro atoms. The lowest BCUT2D eigenvalue weighted by Crippen LogP contribution is -2.38. The summed E-state index contributed by atoms with van der Waals surface area (Å²) in [7, 11) is 0. The van der Waals surface area contributed by atoms with Gasteiger partial charge in [0.05, 0.1) is 35.9 Å². The van der Waals surface area contributed by atoms with Gasteiger partial charge in [0.25, 0.3) is 0 Å². The molecule has 5 heteroatoms. The Morgan fingerprint density at radius 3 is 1.33 bits per heavy atom. The van der Waals surface area contributed by atoms with Gasteiger partial charge in [0.15, 0.2) is 0 Å². The quantitative estimate of drug-likeness (QED) is 0.454. The zero-order valence-electron chi connectivity index (χ0n) is 21.1. The first-order chi connectivity index (χ1) is 14.0. The van der Waals surface area contributed by atoms with Crippen molar-refractivity contribution in [2.24, 2.45) is 9.98 Å². The fourth-order valence-corrected chi connectivity index (χ4v) is 3.89. The van der Waals surface area contributed by atoms with Crippen molar-refractivity contribution < 1.29 is 0 Å². The topological polar surface area (TPSA) is 44.1 Å². The zero-order chi connectivity index (χ0) is 22.8. The second-order valence-electron chi connectivity index (χ2n) is 9.19. The molecule has 0 aliphatic heterocycles. The van der Waals surface area contributed by atoms with Crippen LogP contribution in [0.15, 0.2) is 28.2 Å². The van der Waals surface area contributed by atoms with Gasteiger partial charge in [-0.2, -0.15) is 0 Å². The first-order valence-corrected chi connectivity index (χ1v) is 11.6. The maximum absolute atomic E-state index is 4.82. The van der Waals surface area contributed by atoms with Crippen LogP contribution in [0.2, 0.25) is 0 Å². The van der Waals surface area contributed by atoms with E-state index in [9.17, 15) is 0 Å². The molecule has 0 fully saturated rings. The number of rotatable bonds is 12. The molecule has 1 aromatic rings. The summed E-state index contributed by atoms with van der Waals surface area (Å²) in [6, 6.07) is 8.26. The van der Waals surface area contributed by atoms with Crippen molar-refractivity contribution in [3.8, 4) is 0 Å². The molecule has 0 radical (unpaired) electrons. The van der Waals surface area contributed by atoms with E-state index >= 15 is 0 Å². The van der Waals surface area contributed by atoms with E-state index in [1.165, 1.54) is 0 Å². The standard InChI is InChI=1S/C25H45N5/c1-18(2)29(19(3)4)16-14-26-22(9)24-12-11-13-25(28-24)23(10)27-15-17-30(20(5)6)21(7)8/h11-13,18-21H,14-17H2,1-10H3. The Balaban J connectivity index is 2.78. The lowest BCUT2D eigenvalue weighted by atomic mass is 10.2. The van der Waals surface area contributed by atoms with Crippen LogP contribution in [0.5, 0.6) is 0 Å². The molecule has 0 saturated heterocycles. The van der Waals surface area contributed by atoms with Crippen LogP contribution < -0.4 is 0 Å². The van der Waals surface area contributed by atoms with Crippen molar-refractivity contribution in [2.45, 2.75) is 93.4 Å². The highest BCUT2D eigenvalue weighted by atomic mass is 15.2. The van der Waals surface area contributed by atoms with E-state index in [1.54, 1.807) is 0 Å².